The number of rotatable bonds is 3. The Morgan fingerprint density at radius 2 is 2.00 bits per heavy atom. The van der Waals surface area contributed by atoms with Crippen LogP contribution in [0.3, 0.4) is 0 Å². The van der Waals surface area contributed by atoms with Crippen molar-refractivity contribution in [2.24, 2.45) is 0 Å². The van der Waals surface area contributed by atoms with Crippen molar-refractivity contribution in [2.75, 3.05) is 36.4 Å². The maximum Gasteiger partial charge on any atom is 0.321 e. The second-order valence-corrected chi connectivity index (χ2v) is 8.23. The van der Waals surface area contributed by atoms with Gasteiger partial charge in [0, 0.05) is 48.6 Å². The van der Waals surface area contributed by atoms with Crippen molar-refractivity contribution in [1.29, 1.82) is 0 Å². The molecule has 0 aliphatic carbocycles. The fraction of sp³-hybridized carbons (Fsp3) is 0.368. The normalized spacial score (nSPS) is 14.4. The molecular weight excluding hydrogens is 412 g/mol. The third-order valence-corrected chi connectivity index (χ3v) is 6.29. The second kappa shape index (κ2) is 8.00. The van der Waals surface area contributed by atoms with Gasteiger partial charge in [-0.3, -0.25) is 4.79 Å². The summed E-state index contributed by atoms with van der Waals surface area (Å²) in [5.41, 5.74) is 2.25. The lowest BCUT2D eigenvalue weighted by Gasteiger charge is -2.34. The van der Waals surface area contributed by atoms with Gasteiger partial charge in [0.2, 0.25) is 10.1 Å². The molecule has 0 atom stereocenters. The second-order valence-electron chi connectivity index (χ2n) is 6.89. The maximum absolute atomic E-state index is 12.5. The Labute approximate surface area is 176 Å². The largest absolute Gasteiger partial charge is 0.343 e. The number of hydrogen-bond donors (Lipinski definition) is 1. The highest BCUT2D eigenvalue weighted by atomic mass is 35.5. The molecule has 0 unspecified atom stereocenters. The molecule has 1 fully saturated rings. The molecule has 2 amide bonds. The molecule has 2 aromatic heterocycles. The Balaban J connectivity index is 1.42. The Morgan fingerprint density at radius 1 is 1.24 bits per heavy atom. The van der Waals surface area contributed by atoms with Gasteiger partial charge in [-0.25, -0.2) is 9.78 Å². The van der Waals surface area contributed by atoms with E-state index in [9.17, 15) is 9.59 Å². The molecular formula is C19H21ClN6O2S. The Morgan fingerprint density at radius 3 is 2.69 bits per heavy atom. The number of nitrogens with one attached hydrogen (secondary N) is 1. The maximum atomic E-state index is 12.5. The van der Waals surface area contributed by atoms with Gasteiger partial charge in [-0.1, -0.05) is 35.9 Å². The van der Waals surface area contributed by atoms with Gasteiger partial charge in [0.1, 0.15) is 0 Å². The zero-order chi connectivity index (χ0) is 20.5. The number of halogens is 1. The number of carbonyl (C=O) groups excluding carboxylic acids is 1. The van der Waals surface area contributed by atoms with Gasteiger partial charge in [-0.05, 0) is 31.0 Å². The molecule has 0 saturated carbocycles. The average Bonchev–Trinajstić information content (AvgIpc) is 3.15. The van der Waals surface area contributed by atoms with Crippen molar-refractivity contribution < 1.29 is 4.79 Å². The van der Waals surface area contributed by atoms with Crippen LogP contribution in [0.1, 0.15) is 18.2 Å². The van der Waals surface area contributed by atoms with E-state index < -0.39 is 0 Å². The number of nitrogens with zero attached hydrogens (tertiary/aromatic N) is 5. The predicted molar refractivity (Wildman–Crippen MR) is 116 cm³/mol. The number of aromatic nitrogens is 3. The molecule has 3 heterocycles. The van der Waals surface area contributed by atoms with E-state index in [0.717, 1.165) is 16.4 Å². The van der Waals surface area contributed by atoms with Crippen LogP contribution in [-0.2, 0) is 6.42 Å². The summed E-state index contributed by atoms with van der Waals surface area (Å²) < 4.78 is 1.35. The number of hydrogen-bond acceptors (Lipinski definition) is 6. The van der Waals surface area contributed by atoms with E-state index in [1.807, 2.05) is 26.0 Å². The SMILES string of the molecule is CCc1cc(=O)n2nc(N3CCN(C(=O)Nc4ccc(C)c(Cl)c4)CC3)sc2n1. The quantitative estimate of drug-likeness (QED) is 0.687. The minimum absolute atomic E-state index is 0.153. The highest BCUT2D eigenvalue weighted by Crippen LogP contribution is 2.23. The first-order valence-corrected chi connectivity index (χ1v) is 10.6. The third-order valence-electron chi connectivity index (χ3n) is 4.91. The molecule has 1 aliphatic rings. The number of carbonyl (C=O) groups is 1. The van der Waals surface area contributed by atoms with Crippen molar-refractivity contribution in [3.63, 3.8) is 0 Å². The van der Waals surface area contributed by atoms with Crippen LogP contribution in [0.5, 0.6) is 0 Å². The number of urea groups is 1. The van der Waals surface area contributed by atoms with E-state index in [2.05, 4.69) is 20.3 Å². The van der Waals surface area contributed by atoms with E-state index in [1.165, 1.54) is 21.9 Å². The summed E-state index contributed by atoms with van der Waals surface area (Å²) in [5.74, 6) is 0. The third kappa shape index (κ3) is 4.06. The smallest absolute Gasteiger partial charge is 0.321 e. The summed E-state index contributed by atoms with van der Waals surface area (Å²) in [7, 11) is 0. The number of piperazine rings is 1. The number of fused-ring (bicyclic) bond motifs is 1. The molecule has 0 spiro atoms. The molecule has 1 N–H and O–H groups in total. The molecule has 152 valence electrons. The summed E-state index contributed by atoms with van der Waals surface area (Å²) >= 11 is 7.52. The molecule has 10 heteroatoms. The van der Waals surface area contributed by atoms with Gasteiger partial charge in [0.25, 0.3) is 5.56 Å². The lowest BCUT2D eigenvalue weighted by molar-refractivity contribution is 0.208. The number of aryl methyl sites for hydroxylation is 2. The summed E-state index contributed by atoms with van der Waals surface area (Å²) in [5, 5.41) is 8.68. The number of benzene rings is 1. The Kier molecular flexibility index (Phi) is 5.42. The van der Waals surface area contributed by atoms with Crippen LogP contribution < -0.4 is 15.8 Å². The molecule has 4 rings (SSSR count). The first-order chi connectivity index (χ1) is 13.9. The minimum Gasteiger partial charge on any atom is -0.343 e. The lowest BCUT2D eigenvalue weighted by atomic mass is 10.2. The van der Waals surface area contributed by atoms with Crippen LogP contribution in [0.25, 0.3) is 4.96 Å². The van der Waals surface area contributed by atoms with E-state index >= 15 is 0 Å². The van der Waals surface area contributed by atoms with Gasteiger partial charge in [0.15, 0.2) is 0 Å². The highest BCUT2D eigenvalue weighted by molar-refractivity contribution is 7.20. The Bertz CT molecular complexity index is 1120. The standard InChI is InChI=1S/C19H21ClN6O2S/c1-3-13-11-16(27)26-18(22-13)29-19(23-26)25-8-6-24(7-9-25)17(28)21-14-5-4-12(2)15(20)10-14/h4-5,10-11H,3,6-9H2,1-2H3,(H,21,28). The van der Waals surface area contributed by atoms with Gasteiger partial charge in [0.05, 0.1) is 0 Å². The average molecular weight is 433 g/mol. The zero-order valence-electron chi connectivity index (χ0n) is 16.2. The van der Waals surface area contributed by atoms with Gasteiger partial charge >= 0.3 is 6.03 Å². The molecule has 29 heavy (non-hydrogen) atoms. The topological polar surface area (TPSA) is 82.8 Å². The van der Waals surface area contributed by atoms with Crippen LogP contribution in [-0.4, -0.2) is 51.7 Å². The lowest BCUT2D eigenvalue weighted by Crippen LogP contribution is -2.50. The molecule has 1 aromatic carbocycles. The fourth-order valence-electron chi connectivity index (χ4n) is 3.13. The fourth-order valence-corrected chi connectivity index (χ4v) is 4.29. The van der Waals surface area contributed by atoms with Crippen molar-refractivity contribution in [3.05, 3.63) is 50.9 Å². The van der Waals surface area contributed by atoms with Crippen LogP contribution >= 0.6 is 22.9 Å². The molecule has 8 nitrogen and oxygen atoms in total. The van der Waals surface area contributed by atoms with E-state index in [0.29, 0.717) is 48.3 Å². The first-order valence-electron chi connectivity index (χ1n) is 9.41. The molecule has 0 bridgehead atoms. The van der Waals surface area contributed by atoms with Crippen molar-refractivity contribution in [3.8, 4) is 0 Å². The Hall–Kier alpha value is -2.65. The molecule has 1 saturated heterocycles. The predicted octanol–water partition coefficient (Wildman–Crippen LogP) is 3.03. The number of amides is 2. The van der Waals surface area contributed by atoms with Gasteiger partial charge in [-0.15, -0.1) is 5.10 Å². The molecule has 3 aromatic rings. The van der Waals surface area contributed by atoms with Crippen molar-refractivity contribution in [1.82, 2.24) is 19.5 Å². The summed E-state index contributed by atoms with van der Waals surface area (Å²) in [6.07, 6.45) is 0.707. The van der Waals surface area contributed by atoms with Gasteiger partial charge in [-0.2, -0.15) is 4.52 Å². The number of anilines is 2. The molecule has 1 aliphatic heterocycles. The summed E-state index contributed by atoms with van der Waals surface area (Å²) in [6, 6.07) is 6.84. The minimum atomic E-state index is -0.163. The van der Waals surface area contributed by atoms with Crippen LogP contribution in [0.15, 0.2) is 29.1 Å². The van der Waals surface area contributed by atoms with Crippen molar-refractivity contribution in [2.45, 2.75) is 20.3 Å². The van der Waals surface area contributed by atoms with Gasteiger partial charge < -0.3 is 15.1 Å². The van der Waals surface area contributed by atoms with Crippen LogP contribution in [0.2, 0.25) is 5.02 Å². The summed E-state index contributed by atoms with van der Waals surface area (Å²) in [4.78, 5) is 33.7. The van der Waals surface area contributed by atoms with E-state index in [-0.39, 0.29) is 11.6 Å². The highest BCUT2D eigenvalue weighted by Gasteiger charge is 2.24. The summed E-state index contributed by atoms with van der Waals surface area (Å²) in [6.45, 7) is 6.28. The van der Waals surface area contributed by atoms with Crippen LogP contribution in [0.4, 0.5) is 15.6 Å². The zero-order valence-corrected chi connectivity index (χ0v) is 17.8. The van der Waals surface area contributed by atoms with Crippen LogP contribution in [0, 0.1) is 6.92 Å². The first kappa shape index (κ1) is 19.7. The molecule has 0 radical (unpaired) electrons. The van der Waals surface area contributed by atoms with E-state index in [4.69, 9.17) is 11.6 Å². The van der Waals surface area contributed by atoms with Crippen molar-refractivity contribution >= 4 is 44.7 Å². The monoisotopic (exact) mass is 432 g/mol. The van der Waals surface area contributed by atoms with E-state index in [1.54, 1.807) is 11.0 Å².